The highest BCUT2D eigenvalue weighted by Gasteiger charge is 2.42. The first-order valence-corrected chi connectivity index (χ1v) is 10.9. The molecule has 2 atom stereocenters. The Morgan fingerprint density at radius 2 is 1.56 bits per heavy atom. The number of methoxy groups -OCH3 is 3. The summed E-state index contributed by atoms with van der Waals surface area (Å²) in [6.45, 7) is 3.75. The summed E-state index contributed by atoms with van der Waals surface area (Å²) in [5.41, 5.74) is 2.14. The van der Waals surface area contributed by atoms with E-state index in [-0.39, 0.29) is 25.5 Å². The van der Waals surface area contributed by atoms with Gasteiger partial charge < -0.3 is 28.4 Å². The molecule has 1 heterocycles. The zero-order valence-corrected chi connectivity index (χ0v) is 19.9. The predicted octanol–water partition coefficient (Wildman–Crippen LogP) is 3.97. The highest BCUT2D eigenvalue weighted by molar-refractivity contribution is 6.00. The maximum Gasteiger partial charge on any atom is 0.319 e. The van der Waals surface area contributed by atoms with Crippen molar-refractivity contribution in [2.24, 2.45) is 5.92 Å². The predicted molar refractivity (Wildman–Crippen MR) is 124 cm³/mol. The van der Waals surface area contributed by atoms with Gasteiger partial charge in [0.2, 0.25) is 11.6 Å². The molecule has 0 spiro atoms. The van der Waals surface area contributed by atoms with Crippen LogP contribution in [-0.4, -0.2) is 52.4 Å². The molecular weight excluding hydrogens is 442 g/mol. The van der Waals surface area contributed by atoms with Crippen LogP contribution in [0.1, 0.15) is 31.7 Å². The molecule has 0 fully saturated rings. The summed E-state index contributed by atoms with van der Waals surface area (Å²) < 4.78 is 32.3. The van der Waals surface area contributed by atoms with E-state index in [2.05, 4.69) is 0 Å². The van der Waals surface area contributed by atoms with Gasteiger partial charge in [-0.05, 0) is 49.2 Å². The molecule has 34 heavy (non-hydrogen) atoms. The van der Waals surface area contributed by atoms with Crippen LogP contribution in [0, 0.1) is 11.3 Å². The van der Waals surface area contributed by atoms with Crippen molar-refractivity contribution in [2.75, 3.05) is 34.5 Å². The van der Waals surface area contributed by atoms with Crippen molar-refractivity contribution in [1.82, 2.24) is 0 Å². The van der Waals surface area contributed by atoms with Crippen LogP contribution in [0.25, 0.3) is 11.1 Å². The lowest BCUT2D eigenvalue weighted by Gasteiger charge is -2.32. The number of hydrogen-bond acceptors (Lipinski definition) is 9. The van der Waals surface area contributed by atoms with Crippen LogP contribution < -0.4 is 18.9 Å². The Morgan fingerprint density at radius 3 is 2.12 bits per heavy atom. The smallest absolute Gasteiger partial charge is 0.319 e. The van der Waals surface area contributed by atoms with Gasteiger partial charge in [0.05, 0.1) is 41.0 Å². The van der Waals surface area contributed by atoms with E-state index in [4.69, 9.17) is 33.8 Å². The maximum atomic E-state index is 12.7. The van der Waals surface area contributed by atoms with Crippen LogP contribution in [0.2, 0.25) is 0 Å². The average Bonchev–Trinajstić information content (AvgIpc) is 2.83. The number of esters is 2. The largest absolute Gasteiger partial charge is 0.493 e. The van der Waals surface area contributed by atoms with Crippen molar-refractivity contribution in [1.29, 1.82) is 5.41 Å². The Kier molecular flexibility index (Phi) is 7.99. The number of ether oxygens (including phenoxy) is 6. The zero-order valence-electron chi connectivity index (χ0n) is 19.9. The summed E-state index contributed by atoms with van der Waals surface area (Å²) in [4.78, 5) is 25.1. The Morgan fingerprint density at radius 1 is 0.912 bits per heavy atom. The van der Waals surface area contributed by atoms with E-state index >= 15 is 0 Å². The highest BCUT2D eigenvalue weighted by Crippen LogP contribution is 2.45. The first-order chi connectivity index (χ1) is 16.4. The third-order valence-electron chi connectivity index (χ3n) is 5.54. The number of fused-ring (bicyclic) bond motifs is 1. The van der Waals surface area contributed by atoms with Gasteiger partial charge in [-0.3, -0.25) is 15.0 Å². The van der Waals surface area contributed by atoms with E-state index in [1.807, 2.05) is 12.1 Å². The van der Waals surface area contributed by atoms with Crippen molar-refractivity contribution in [2.45, 2.75) is 26.2 Å². The minimum absolute atomic E-state index is 0.102. The number of carbonyl (C=O) groups excluding carboxylic acids is 2. The Bertz CT molecular complexity index is 1060. The molecule has 1 aliphatic rings. The molecule has 0 aliphatic carbocycles. The number of benzene rings is 2. The molecular formula is C25H29NO8. The molecule has 182 valence electrons. The highest BCUT2D eigenvalue weighted by atomic mass is 16.5. The molecule has 2 unspecified atom stereocenters. The summed E-state index contributed by atoms with van der Waals surface area (Å²) in [7, 11) is 4.60. The molecule has 0 saturated carbocycles. The first kappa shape index (κ1) is 24.9. The van der Waals surface area contributed by atoms with Gasteiger partial charge >= 0.3 is 11.9 Å². The summed E-state index contributed by atoms with van der Waals surface area (Å²) in [6, 6.07) is 8.97. The fourth-order valence-electron chi connectivity index (χ4n) is 4.03. The molecule has 1 aliphatic heterocycles. The normalized spacial score (nSPS) is 16.7. The maximum absolute atomic E-state index is 12.7. The third-order valence-corrected chi connectivity index (χ3v) is 5.54. The second kappa shape index (κ2) is 10.9. The van der Waals surface area contributed by atoms with Crippen LogP contribution >= 0.6 is 0 Å². The van der Waals surface area contributed by atoms with Gasteiger partial charge in [0.1, 0.15) is 11.7 Å². The standard InChI is InChI=1S/C25H29NO8/c1-6-32-21(27)13-17-16-10-14(15-11-19(29-3)23(31-5)20(12-15)30-4)8-9-18(16)34-24(26)22(17)25(28)33-7-2/h8-12,17,22,26H,6-7,13H2,1-5H3. The monoisotopic (exact) mass is 471 g/mol. The molecule has 0 bridgehead atoms. The minimum Gasteiger partial charge on any atom is -0.493 e. The molecule has 2 aromatic carbocycles. The fraction of sp³-hybridized carbons (Fsp3) is 0.400. The molecule has 1 N–H and O–H groups in total. The number of carbonyl (C=O) groups is 2. The molecule has 0 aromatic heterocycles. The first-order valence-electron chi connectivity index (χ1n) is 10.9. The van der Waals surface area contributed by atoms with Crippen LogP contribution in [0.5, 0.6) is 23.0 Å². The van der Waals surface area contributed by atoms with Gasteiger partial charge in [-0.2, -0.15) is 0 Å². The van der Waals surface area contributed by atoms with Gasteiger partial charge in [0, 0.05) is 11.5 Å². The van der Waals surface area contributed by atoms with Gasteiger partial charge in [-0.25, -0.2) is 0 Å². The summed E-state index contributed by atoms with van der Waals surface area (Å²) in [5, 5.41) is 8.31. The topological polar surface area (TPSA) is 113 Å². The minimum atomic E-state index is -1.06. The number of nitrogens with one attached hydrogen (secondary N) is 1. The van der Waals surface area contributed by atoms with E-state index in [9.17, 15) is 9.59 Å². The Hall–Kier alpha value is -3.75. The second-order valence-corrected chi connectivity index (χ2v) is 7.48. The lowest BCUT2D eigenvalue weighted by atomic mass is 9.80. The molecule has 9 heteroatoms. The third kappa shape index (κ3) is 4.93. The van der Waals surface area contributed by atoms with E-state index in [1.165, 1.54) is 21.3 Å². The Balaban J connectivity index is 2.13. The van der Waals surface area contributed by atoms with E-state index in [0.717, 1.165) is 11.1 Å². The van der Waals surface area contributed by atoms with Gasteiger partial charge in [0.15, 0.2) is 11.5 Å². The number of rotatable bonds is 9. The SMILES string of the molecule is CCOC(=O)CC1c2cc(-c3cc(OC)c(OC)c(OC)c3)ccc2OC(=N)C1C(=O)OCC. The summed E-state index contributed by atoms with van der Waals surface area (Å²) in [6.07, 6.45) is -0.102. The average molecular weight is 472 g/mol. The summed E-state index contributed by atoms with van der Waals surface area (Å²) in [5.74, 6) is -1.27. The molecule has 9 nitrogen and oxygen atoms in total. The van der Waals surface area contributed by atoms with E-state index in [0.29, 0.717) is 28.6 Å². The molecule has 0 amide bonds. The lowest BCUT2D eigenvalue weighted by molar-refractivity contribution is -0.148. The fourth-order valence-corrected chi connectivity index (χ4v) is 4.03. The van der Waals surface area contributed by atoms with Crippen molar-refractivity contribution >= 4 is 17.8 Å². The van der Waals surface area contributed by atoms with Gasteiger partial charge in [-0.1, -0.05) is 6.07 Å². The van der Waals surface area contributed by atoms with E-state index < -0.39 is 23.8 Å². The van der Waals surface area contributed by atoms with E-state index in [1.54, 1.807) is 32.0 Å². The second-order valence-electron chi connectivity index (χ2n) is 7.48. The van der Waals surface area contributed by atoms with Gasteiger partial charge in [-0.15, -0.1) is 0 Å². The van der Waals surface area contributed by atoms with Gasteiger partial charge in [0.25, 0.3) is 0 Å². The molecule has 2 aromatic rings. The van der Waals surface area contributed by atoms with Crippen LogP contribution in [0.15, 0.2) is 30.3 Å². The lowest BCUT2D eigenvalue weighted by Crippen LogP contribution is -2.39. The van der Waals surface area contributed by atoms with Crippen LogP contribution in [-0.2, 0) is 19.1 Å². The quantitative estimate of drug-likeness (QED) is 0.547. The molecule has 3 rings (SSSR count). The molecule has 0 saturated heterocycles. The van der Waals surface area contributed by atoms with Crippen molar-refractivity contribution in [3.05, 3.63) is 35.9 Å². The Labute approximate surface area is 198 Å². The van der Waals surface area contributed by atoms with Crippen molar-refractivity contribution < 1.29 is 38.0 Å². The van der Waals surface area contributed by atoms with Crippen molar-refractivity contribution in [3.63, 3.8) is 0 Å². The molecule has 0 radical (unpaired) electrons. The number of hydrogen-bond donors (Lipinski definition) is 1. The van der Waals surface area contributed by atoms with Crippen LogP contribution in [0.4, 0.5) is 0 Å². The zero-order chi connectivity index (χ0) is 24.8. The van der Waals surface area contributed by atoms with Crippen LogP contribution in [0.3, 0.4) is 0 Å². The summed E-state index contributed by atoms with van der Waals surface area (Å²) >= 11 is 0. The van der Waals surface area contributed by atoms with Crippen molar-refractivity contribution in [3.8, 4) is 34.1 Å².